The number of aliphatic hydroxyl groups is 1. The normalized spacial score (nSPS) is 10.5. The summed E-state index contributed by atoms with van der Waals surface area (Å²) >= 11 is 0. The quantitative estimate of drug-likeness (QED) is 0.595. The minimum Gasteiger partial charge on any atom is -0.497 e. The Labute approximate surface area is 170 Å². The maximum Gasteiger partial charge on any atom is 0.373 e. The molecular formula is C20H18O10. The number of aliphatic hydroxyl groups excluding tert-OH is 1. The number of benzene rings is 2. The lowest BCUT2D eigenvalue weighted by atomic mass is 10.1. The monoisotopic (exact) mass is 418 g/mol. The molecule has 0 amide bonds. The van der Waals surface area contributed by atoms with E-state index in [2.05, 4.69) is 0 Å². The van der Waals surface area contributed by atoms with Gasteiger partial charge in [0.05, 0.1) is 24.8 Å². The smallest absolute Gasteiger partial charge is 0.373 e. The first-order valence-corrected chi connectivity index (χ1v) is 8.30. The zero-order valence-corrected chi connectivity index (χ0v) is 15.8. The molecule has 10 heteroatoms. The molecule has 2 rings (SSSR count). The number of esters is 2. The number of carboxylic acid groups (broad SMARTS) is 1. The number of rotatable bonds is 8. The van der Waals surface area contributed by atoms with Crippen LogP contribution in [0.3, 0.4) is 0 Å². The van der Waals surface area contributed by atoms with Gasteiger partial charge in [-0.25, -0.2) is 14.4 Å². The number of aliphatic carboxylic acids is 1. The molecule has 0 unspecified atom stereocenters. The summed E-state index contributed by atoms with van der Waals surface area (Å²) in [5.74, 6) is -2.53. The van der Waals surface area contributed by atoms with Gasteiger partial charge in [0, 0.05) is 0 Å². The number of carboxylic acids is 1. The molecule has 0 radical (unpaired) electrons. The third kappa shape index (κ3) is 7.55. The van der Waals surface area contributed by atoms with Crippen molar-refractivity contribution in [2.75, 3.05) is 13.7 Å². The maximum atomic E-state index is 12.0. The van der Waals surface area contributed by atoms with E-state index < -0.39 is 30.6 Å². The largest absolute Gasteiger partial charge is 0.497 e. The topological polar surface area (TPSA) is 154 Å². The van der Waals surface area contributed by atoms with E-state index in [-0.39, 0.29) is 23.9 Å². The van der Waals surface area contributed by atoms with E-state index in [1.807, 2.05) is 0 Å². The lowest BCUT2D eigenvalue weighted by Gasteiger charge is -2.14. The van der Waals surface area contributed by atoms with E-state index in [9.17, 15) is 19.5 Å². The van der Waals surface area contributed by atoms with Crippen LogP contribution in [0.15, 0.2) is 48.5 Å². The Kier molecular flexibility index (Phi) is 9.97. The van der Waals surface area contributed by atoms with E-state index in [4.69, 9.17) is 28.9 Å². The molecule has 0 spiro atoms. The van der Waals surface area contributed by atoms with Crippen LogP contribution in [-0.4, -0.2) is 54.1 Å². The summed E-state index contributed by atoms with van der Waals surface area (Å²) < 4.78 is 14.8. The van der Waals surface area contributed by atoms with Crippen molar-refractivity contribution in [3.63, 3.8) is 0 Å². The van der Waals surface area contributed by atoms with Crippen molar-refractivity contribution in [2.45, 2.75) is 12.7 Å². The molecule has 1 atom stereocenters. The summed E-state index contributed by atoms with van der Waals surface area (Å²) in [6.07, 6.45) is -1.41. The molecule has 30 heavy (non-hydrogen) atoms. The van der Waals surface area contributed by atoms with Crippen LogP contribution in [0.25, 0.3) is 0 Å². The predicted octanol–water partition coefficient (Wildman–Crippen LogP) is 1.07. The van der Waals surface area contributed by atoms with E-state index in [0.717, 1.165) is 0 Å². The molecule has 2 aromatic rings. The standard InChI is InChI=1S/C19H18O8.CO2/c1-25-15-8-6-13(7-9-15)18(23)26-11-16(17(21)22)27-19(24)14-4-2-12(10-20)3-5-14;2-1-3/h2-9,16,20H,10-11H2,1H3,(H,21,22);/t16-;/m1./s1. The van der Waals surface area contributed by atoms with Gasteiger partial charge >= 0.3 is 24.1 Å². The Morgan fingerprint density at radius 2 is 1.43 bits per heavy atom. The van der Waals surface area contributed by atoms with Gasteiger partial charge in [-0.3, -0.25) is 0 Å². The Bertz CT molecular complexity index is 881. The number of carbonyl (C=O) groups is 3. The summed E-state index contributed by atoms with van der Waals surface area (Å²) in [6.45, 7) is -0.824. The molecule has 2 aromatic carbocycles. The number of carbonyl (C=O) groups excluding carboxylic acids is 4. The van der Waals surface area contributed by atoms with Crippen molar-refractivity contribution in [3.05, 3.63) is 65.2 Å². The molecule has 0 fully saturated rings. The van der Waals surface area contributed by atoms with Gasteiger partial charge in [-0.1, -0.05) is 12.1 Å². The molecule has 0 saturated heterocycles. The van der Waals surface area contributed by atoms with Crippen LogP contribution in [0.1, 0.15) is 26.3 Å². The molecular weight excluding hydrogens is 400 g/mol. The van der Waals surface area contributed by atoms with Crippen molar-refractivity contribution in [3.8, 4) is 5.75 Å². The number of ether oxygens (including phenoxy) is 3. The van der Waals surface area contributed by atoms with Gasteiger partial charge in [-0.05, 0) is 42.0 Å². The molecule has 0 heterocycles. The summed E-state index contributed by atoms with van der Waals surface area (Å²) in [6, 6.07) is 11.9. The summed E-state index contributed by atoms with van der Waals surface area (Å²) in [5.41, 5.74) is 0.903. The number of hydrogen-bond acceptors (Lipinski definition) is 9. The van der Waals surface area contributed by atoms with Crippen molar-refractivity contribution in [1.29, 1.82) is 0 Å². The highest BCUT2D eigenvalue weighted by atomic mass is 16.6. The minimum absolute atomic E-state index is 0.111. The first kappa shape index (κ1) is 24.0. The van der Waals surface area contributed by atoms with Crippen LogP contribution in [0.2, 0.25) is 0 Å². The molecule has 2 N–H and O–H groups in total. The van der Waals surface area contributed by atoms with Crippen LogP contribution in [0.5, 0.6) is 5.75 Å². The summed E-state index contributed by atoms with van der Waals surface area (Å²) in [4.78, 5) is 51.6. The molecule has 0 saturated carbocycles. The van der Waals surface area contributed by atoms with Gasteiger partial charge in [0.15, 0.2) is 0 Å². The summed E-state index contributed by atoms with van der Waals surface area (Å²) in [7, 11) is 1.48. The first-order chi connectivity index (χ1) is 14.4. The van der Waals surface area contributed by atoms with Gasteiger partial charge in [-0.15, -0.1) is 0 Å². The van der Waals surface area contributed by atoms with Crippen LogP contribution in [-0.2, 0) is 30.5 Å². The third-order valence-corrected chi connectivity index (χ3v) is 3.59. The number of hydrogen-bond donors (Lipinski definition) is 2. The zero-order valence-electron chi connectivity index (χ0n) is 15.8. The second-order valence-corrected chi connectivity index (χ2v) is 5.50. The Morgan fingerprint density at radius 3 is 1.90 bits per heavy atom. The Balaban J connectivity index is 0.00000141. The van der Waals surface area contributed by atoms with Crippen LogP contribution in [0.4, 0.5) is 0 Å². The zero-order chi connectivity index (χ0) is 22.5. The van der Waals surface area contributed by atoms with Crippen LogP contribution >= 0.6 is 0 Å². The van der Waals surface area contributed by atoms with Crippen molar-refractivity contribution in [1.82, 2.24) is 0 Å². The highest BCUT2D eigenvalue weighted by Gasteiger charge is 2.25. The molecule has 0 aliphatic heterocycles. The average Bonchev–Trinajstić information content (AvgIpc) is 2.76. The molecule has 0 aromatic heterocycles. The Morgan fingerprint density at radius 1 is 0.933 bits per heavy atom. The average molecular weight is 418 g/mol. The fraction of sp³-hybridized carbons (Fsp3) is 0.200. The van der Waals surface area contributed by atoms with Crippen LogP contribution < -0.4 is 4.74 Å². The molecule has 10 nitrogen and oxygen atoms in total. The predicted molar refractivity (Wildman–Crippen MR) is 97.5 cm³/mol. The lowest BCUT2D eigenvalue weighted by molar-refractivity contribution is -0.191. The van der Waals surface area contributed by atoms with Crippen molar-refractivity contribution >= 4 is 24.1 Å². The SMILES string of the molecule is COc1ccc(C(=O)OC[C@@H](OC(=O)c2ccc(CO)cc2)C(=O)O)cc1.O=C=O. The van der Waals surface area contributed by atoms with E-state index in [1.165, 1.54) is 43.5 Å². The molecule has 0 bridgehead atoms. The summed E-state index contributed by atoms with van der Waals surface area (Å²) in [5, 5.41) is 18.2. The second-order valence-electron chi connectivity index (χ2n) is 5.50. The second kappa shape index (κ2) is 12.4. The fourth-order valence-corrected chi connectivity index (χ4v) is 2.06. The van der Waals surface area contributed by atoms with Gasteiger partial charge in [-0.2, -0.15) is 9.59 Å². The maximum absolute atomic E-state index is 12.0. The molecule has 0 aliphatic rings. The van der Waals surface area contributed by atoms with Crippen molar-refractivity contribution < 1.29 is 48.4 Å². The van der Waals surface area contributed by atoms with Gasteiger partial charge in [0.1, 0.15) is 12.4 Å². The van der Waals surface area contributed by atoms with Gasteiger partial charge in [0.2, 0.25) is 6.10 Å². The van der Waals surface area contributed by atoms with E-state index in [0.29, 0.717) is 11.3 Å². The fourth-order valence-electron chi connectivity index (χ4n) is 2.06. The van der Waals surface area contributed by atoms with Gasteiger partial charge in [0.25, 0.3) is 0 Å². The first-order valence-electron chi connectivity index (χ1n) is 8.30. The number of methoxy groups -OCH3 is 1. The van der Waals surface area contributed by atoms with E-state index >= 15 is 0 Å². The van der Waals surface area contributed by atoms with Crippen molar-refractivity contribution in [2.24, 2.45) is 0 Å². The highest BCUT2D eigenvalue weighted by Crippen LogP contribution is 2.13. The Hall–Kier alpha value is -4.01. The minimum atomic E-state index is -1.66. The van der Waals surface area contributed by atoms with Crippen LogP contribution in [0, 0.1) is 0 Å². The van der Waals surface area contributed by atoms with Gasteiger partial charge < -0.3 is 24.4 Å². The molecule has 0 aliphatic carbocycles. The highest BCUT2D eigenvalue weighted by molar-refractivity contribution is 5.92. The molecule has 158 valence electrons. The van der Waals surface area contributed by atoms with E-state index in [1.54, 1.807) is 12.1 Å². The third-order valence-electron chi connectivity index (χ3n) is 3.59. The lowest BCUT2D eigenvalue weighted by Crippen LogP contribution is -2.32.